The maximum atomic E-state index is 13.4. The van der Waals surface area contributed by atoms with Crippen LogP contribution in [0.3, 0.4) is 0 Å². The number of amides is 1. The van der Waals surface area contributed by atoms with Crippen LogP contribution in [0.4, 0.5) is 0 Å². The molecule has 1 unspecified atom stereocenters. The van der Waals surface area contributed by atoms with Gasteiger partial charge in [-0.15, -0.1) is 0 Å². The molecule has 1 aromatic carbocycles. The highest BCUT2D eigenvalue weighted by molar-refractivity contribution is 5.98. The van der Waals surface area contributed by atoms with E-state index in [1.165, 1.54) is 20.4 Å². The van der Waals surface area contributed by atoms with Gasteiger partial charge in [0.25, 0.3) is 5.91 Å². The number of carbonyl (C=O) groups is 2. The van der Waals surface area contributed by atoms with Crippen LogP contribution in [0.25, 0.3) is 33.5 Å². The van der Waals surface area contributed by atoms with Gasteiger partial charge < -0.3 is 23.5 Å². The lowest BCUT2D eigenvalue weighted by Gasteiger charge is -2.36. The molecule has 2 aliphatic rings. The maximum absolute atomic E-state index is 13.4. The van der Waals surface area contributed by atoms with E-state index in [4.69, 9.17) is 23.7 Å². The number of piperazine rings is 1. The second kappa shape index (κ2) is 12.1. The van der Waals surface area contributed by atoms with Crippen molar-refractivity contribution in [3.05, 3.63) is 48.1 Å². The summed E-state index contributed by atoms with van der Waals surface area (Å²) in [4.78, 5) is 38.9. The first-order chi connectivity index (χ1) is 20.9. The second-order valence-corrected chi connectivity index (χ2v) is 11.1. The predicted octanol–water partition coefficient (Wildman–Crippen LogP) is 4.41. The van der Waals surface area contributed by atoms with Gasteiger partial charge >= 0.3 is 5.97 Å². The topological polar surface area (TPSA) is 125 Å². The van der Waals surface area contributed by atoms with Crippen molar-refractivity contribution in [2.24, 2.45) is 0 Å². The summed E-state index contributed by atoms with van der Waals surface area (Å²) in [5.74, 6) is -0.0766. The third-order valence-electron chi connectivity index (χ3n) is 8.21. The van der Waals surface area contributed by atoms with Gasteiger partial charge in [-0.2, -0.15) is 5.10 Å². The molecule has 0 bridgehead atoms. The smallest absolute Gasteiger partial charge is 0.343 e. The van der Waals surface area contributed by atoms with Gasteiger partial charge in [-0.05, 0) is 56.9 Å². The van der Waals surface area contributed by atoms with Crippen molar-refractivity contribution in [2.45, 2.75) is 45.4 Å². The minimum Gasteiger partial charge on any atom is -0.480 e. The zero-order valence-electron chi connectivity index (χ0n) is 24.9. The summed E-state index contributed by atoms with van der Waals surface area (Å²) in [6, 6.07) is 6.01. The van der Waals surface area contributed by atoms with E-state index in [0.717, 1.165) is 48.8 Å². The van der Waals surface area contributed by atoms with Gasteiger partial charge in [-0.1, -0.05) is 0 Å². The average molecular weight is 589 g/mol. The zero-order valence-corrected chi connectivity index (χ0v) is 24.9. The Morgan fingerprint density at radius 1 is 0.977 bits per heavy atom. The number of rotatable bonds is 7. The third-order valence-corrected chi connectivity index (χ3v) is 8.21. The number of oxazole rings is 1. The van der Waals surface area contributed by atoms with Gasteiger partial charge in [0, 0.05) is 61.5 Å². The van der Waals surface area contributed by atoms with Crippen molar-refractivity contribution < 1.29 is 28.2 Å². The Morgan fingerprint density at radius 2 is 1.79 bits per heavy atom. The number of fused-ring (bicyclic) bond motifs is 1. The molecule has 12 heteroatoms. The van der Waals surface area contributed by atoms with Crippen molar-refractivity contribution in [3.8, 4) is 28.5 Å². The predicted molar refractivity (Wildman–Crippen MR) is 158 cm³/mol. The Balaban J connectivity index is 1.41. The van der Waals surface area contributed by atoms with Crippen LogP contribution in [0.2, 0.25) is 0 Å². The molecule has 226 valence electrons. The van der Waals surface area contributed by atoms with Crippen LogP contribution in [0.1, 0.15) is 60.3 Å². The molecule has 3 aromatic heterocycles. The fourth-order valence-corrected chi connectivity index (χ4v) is 5.76. The van der Waals surface area contributed by atoms with Crippen LogP contribution in [0.5, 0.6) is 5.88 Å². The Labute approximate surface area is 249 Å². The fourth-order valence-electron chi connectivity index (χ4n) is 5.76. The van der Waals surface area contributed by atoms with Crippen molar-refractivity contribution in [1.82, 2.24) is 29.5 Å². The minimum absolute atomic E-state index is 0.169. The first-order valence-electron chi connectivity index (χ1n) is 14.6. The molecule has 12 nitrogen and oxygen atoms in total. The summed E-state index contributed by atoms with van der Waals surface area (Å²) in [6.07, 6.45) is 7.59. The Bertz CT molecular complexity index is 1630. The van der Waals surface area contributed by atoms with Crippen molar-refractivity contribution in [3.63, 3.8) is 0 Å². The van der Waals surface area contributed by atoms with Gasteiger partial charge in [0.15, 0.2) is 6.23 Å². The molecular weight excluding hydrogens is 552 g/mol. The largest absolute Gasteiger partial charge is 0.480 e. The van der Waals surface area contributed by atoms with Crippen molar-refractivity contribution in [1.29, 1.82) is 0 Å². The monoisotopic (exact) mass is 588 g/mol. The summed E-state index contributed by atoms with van der Waals surface area (Å²) in [5.41, 5.74) is 3.08. The van der Waals surface area contributed by atoms with Gasteiger partial charge in [0.2, 0.25) is 17.5 Å². The fraction of sp³-hybridized carbons (Fsp3) is 0.452. The number of hydrogen-bond donors (Lipinski definition) is 0. The number of esters is 1. The van der Waals surface area contributed by atoms with Crippen LogP contribution in [-0.4, -0.2) is 94.5 Å². The Hall–Kier alpha value is -4.29. The molecule has 0 radical (unpaired) electrons. The van der Waals surface area contributed by atoms with Gasteiger partial charge in [-0.3, -0.25) is 9.69 Å². The number of pyridine rings is 1. The van der Waals surface area contributed by atoms with Crippen LogP contribution in [-0.2, 0) is 9.47 Å². The van der Waals surface area contributed by atoms with Crippen LogP contribution in [0.15, 0.2) is 41.2 Å². The standard InChI is InChI=1S/C31H36N6O6/c1-19(2)35-8-10-36(11-9-35)30(38)26-18-33-29(43-26)22-13-20(21-14-23(31(39)41-4)28(40-3)32-16-21)15-25-24(22)17-34-37(25)27-7-5-6-12-42-27/h13-19,27H,5-12H2,1-4H3. The molecule has 0 saturated carbocycles. The van der Waals surface area contributed by atoms with E-state index in [-0.39, 0.29) is 29.3 Å². The van der Waals surface area contributed by atoms with E-state index in [1.54, 1.807) is 18.5 Å². The van der Waals surface area contributed by atoms with Crippen molar-refractivity contribution in [2.75, 3.05) is 47.0 Å². The van der Waals surface area contributed by atoms with Crippen LogP contribution in [0, 0.1) is 0 Å². The summed E-state index contributed by atoms with van der Waals surface area (Å²) >= 11 is 0. The van der Waals surface area contributed by atoms with Crippen LogP contribution >= 0.6 is 0 Å². The van der Waals surface area contributed by atoms with E-state index < -0.39 is 5.97 Å². The van der Waals surface area contributed by atoms with Gasteiger partial charge in [0.05, 0.1) is 32.1 Å². The lowest BCUT2D eigenvalue weighted by molar-refractivity contribution is -0.0366. The molecule has 0 N–H and O–H groups in total. The number of nitrogens with zero attached hydrogens (tertiary/aromatic N) is 6. The Kier molecular flexibility index (Phi) is 8.13. The summed E-state index contributed by atoms with van der Waals surface area (Å²) < 4.78 is 24.3. The number of hydrogen-bond acceptors (Lipinski definition) is 10. The summed E-state index contributed by atoms with van der Waals surface area (Å²) in [5, 5.41) is 5.50. The lowest BCUT2D eigenvalue weighted by Crippen LogP contribution is -2.50. The molecule has 0 spiro atoms. The molecule has 4 aromatic rings. The number of carbonyl (C=O) groups excluding carboxylic acids is 2. The molecular formula is C31H36N6O6. The molecule has 5 heterocycles. The zero-order chi connectivity index (χ0) is 30.1. The number of benzene rings is 1. The van der Waals surface area contributed by atoms with E-state index >= 15 is 0 Å². The summed E-state index contributed by atoms with van der Waals surface area (Å²) in [6.45, 7) is 7.89. The van der Waals surface area contributed by atoms with Gasteiger partial charge in [-0.25, -0.2) is 19.4 Å². The van der Waals surface area contributed by atoms with E-state index in [2.05, 4.69) is 28.7 Å². The van der Waals surface area contributed by atoms with Gasteiger partial charge in [0.1, 0.15) is 5.56 Å². The number of aromatic nitrogens is 4. The molecule has 2 saturated heterocycles. The number of ether oxygens (including phenoxy) is 3. The molecule has 2 fully saturated rings. The SMILES string of the molecule is COC(=O)c1cc(-c2cc(-c3ncc(C(=O)N4CCN(C(C)C)CC4)o3)c3cnn(C4CCCCO4)c3c2)cnc1OC. The molecule has 2 aliphatic heterocycles. The van der Waals surface area contributed by atoms with E-state index in [0.29, 0.717) is 42.8 Å². The highest BCUT2D eigenvalue weighted by Crippen LogP contribution is 2.37. The quantitative estimate of drug-likeness (QED) is 0.287. The number of methoxy groups -OCH3 is 2. The highest BCUT2D eigenvalue weighted by Gasteiger charge is 2.27. The van der Waals surface area contributed by atoms with Crippen molar-refractivity contribution >= 4 is 22.8 Å². The van der Waals surface area contributed by atoms with E-state index in [1.807, 2.05) is 21.7 Å². The average Bonchev–Trinajstić information content (AvgIpc) is 3.72. The maximum Gasteiger partial charge on any atom is 0.343 e. The molecule has 0 aliphatic carbocycles. The normalized spacial score (nSPS) is 17.9. The molecule has 43 heavy (non-hydrogen) atoms. The molecule has 6 rings (SSSR count). The second-order valence-electron chi connectivity index (χ2n) is 11.1. The van der Waals surface area contributed by atoms with E-state index in [9.17, 15) is 9.59 Å². The Morgan fingerprint density at radius 3 is 2.49 bits per heavy atom. The summed E-state index contributed by atoms with van der Waals surface area (Å²) in [7, 11) is 2.76. The van der Waals surface area contributed by atoms with Crippen LogP contribution < -0.4 is 4.74 Å². The molecule has 1 atom stereocenters. The molecule has 1 amide bonds. The first-order valence-corrected chi connectivity index (χ1v) is 14.6. The first kappa shape index (κ1) is 28.8. The minimum atomic E-state index is -0.557. The third kappa shape index (κ3) is 5.59. The lowest BCUT2D eigenvalue weighted by atomic mass is 10.00. The highest BCUT2D eigenvalue weighted by atomic mass is 16.5.